The van der Waals surface area contributed by atoms with Crippen LogP contribution in [0.25, 0.3) is 17.0 Å². The van der Waals surface area contributed by atoms with Crippen LogP contribution in [0.15, 0.2) is 24.3 Å². The van der Waals surface area contributed by atoms with Crippen LogP contribution in [0.1, 0.15) is 12.1 Å². The van der Waals surface area contributed by atoms with Crippen molar-refractivity contribution in [3.63, 3.8) is 0 Å². The lowest BCUT2D eigenvalue weighted by atomic mass is 10.2. The molecular formula is C11H10N4O3. The number of nitro benzene ring substituents is 1. The number of amides is 1. The monoisotopic (exact) mass is 246 g/mol. The van der Waals surface area contributed by atoms with Gasteiger partial charge in [0.25, 0.3) is 5.69 Å². The Balaban J connectivity index is 2.34. The summed E-state index contributed by atoms with van der Waals surface area (Å²) in [4.78, 5) is 20.7. The third kappa shape index (κ3) is 2.34. The lowest BCUT2D eigenvalue weighted by Gasteiger charge is -1.92. The predicted molar refractivity (Wildman–Crippen MR) is 65.6 cm³/mol. The topological polar surface area (TPSA) is 115 Å². The van der Waals surface area contributed by atoms with Crippen molar-refractivity contribution in [2.24, 2.45) is 5.73 Å². The molecule has 7 nitrogen and oxygen atoms in total. The molecule has 1 aromatic heterocycles. The van der Waals surface area contributed by atoms with E-state index in [1.807, 2.05) is 0 Å². The molecule has 2 aromatic rings. The van der Waals surface area contributed by atoms with Crippen LogP contribution >= 0.6 is 0 Å². The molecule has 0 fully saturated rings. The average molecular weight is 246 g/mol. The Hall–Kier alpha value is -2.70. The van der Waals surface area contributed by atoms with E-state index in [9.17, 15) is 14.9 Å². The minimum Gasteiger partial charge on any atom is -0.369 e. The number of carbonyl (C=O) groups excluding carboxylic acids is 1. The molecule has 0 bridgehead atoms. The van der Waals surface area contributed by atoms with Crippen LogP contribution in [0.5, 0.6) is 0 Å². The van der Waals surface area contributed by atoms with Crippen molar-refractivity contribution in [3.05, 3.63) is 40.1 Å². The van der Waals surface area contributed by atoms with Gasteiger partial charge in [0.05, 0.1) is 16.1 Å². The van der Waals surface area contributed by atoms with Gasteiger partial charge in [0.1, 0.15) is 0 Å². The van der Waals surface area contributed by atoms with Crippen LogP contribution in [0.2, 0.25) is 0 Å². The van der Waals surface area contributed by atoms with E-state index in [1.165, 1.54) is 12.1 Å². The van der Waals surface area contributed by atoms with Gasteiger partial charge in [-0.3, -0.25) is 20.0 Å². The van der Waals surface area contributed by atoms with Crippen molar-refractivity contribution in [1.29, 1.82) is 0 Å². The fourth-order valence-corrected chi connectivity index (χ4v) is 1.56. The molecule has 2 rings (SSSR count). The first-order valence-corrected chi connectivity index (χ1v) is 5.15. The standard InChI is InChI=1S/C11H10N4O3/c12-11(16)3-1-2-9-8-5-4-7(15(17)18)6-10(8)14-13-9/h1-2,4-6H,3H2,(H2,12,16)(H,13,14). The summed E-state index contributed by atoms with van der Waals surface area (Å²) in [6.07, 6.45) is 3.37. The van der Waals surface area contributed by atoms with E-state index >= 15 is 0 Å². The summed E-state index contributed by atoms with van der Waals surface area (Å²) in [5, 5.41) is 18.1. The molecule has 1 aromatic carbocycles. The number of nitrogens with one attached hydrogen (secondary N) is 1. The second kappa shape index (κ2) is 4.66. The largest absolute Gasteiger partial charge is 0.369 e. The lowest BCUT2D eigenvalue weighted by Crippen LogP contribution is -2.07. The number of nitrogens with two attached hydrogens (primary N) is 1. The van der Waals surface area contributed by atoms with Crippen LogP contribution in [0, 0.1) is 10.1 Å². The fourth-order valence-electron chi connectivity index (χ4n) is 1.56. The molecule has 0 aliphatic carbocycles. The maximum Gasteiger partial charge on any atom is 0.271 e. The van der Waals surface area contributed by atoms with Gasteiger partial charge in [0.2, 0.25) is 5.91 Å². The van der Waals surface area contributed by atoms with E-state index in [0.29, 0.717) is 11.2 Å². The molecule has 0 spiro atoms. The number of H-pyrrole nitrogens is 1. The molecule has 92 valence electrons. The quantitative estimate of drug-likeness (QED) is 0.625. The second-order valence-electron chi connectivity index (χ2n) is 3.67. The van der Waals surface area contributed by atoms with E-state index in [4.69, 9.17) is 5.73 Å². The second-order valence-corrected chi connectivity index (χ2v) is 3.67. The van der Waals surface area contributed by atoms with Crippen LogP contribution in [-0.4, -0.2) is 21.0 Å². The van der Waals surface area contributed by atoms with E-state index in [0.717, 1.165) is 5.39 Å². The normalized spacial score (nSPS) is 11.1. The van der Waals surface area contributed by atoms with E-state index in [-0.39, 0.29) is 12.1 Å². The Morgan fingerprint density at radius 2 is 2.33 bits per heavy atom. The number of aromatic nitrogens is 2. The molecule has 3 N–H and O–H groups in total. The van der Waals surface area contributed by atoms with Crippen molar-refractivity contribution in [3.8, 4) is 0 Å². The van der Waals surface area contributed by atoms with Crippen molar-refractivity contribution in [2.75, 3.05) is 0 Å². The Labute approximate surface area is 101 Å². The number of carbonyl (C=O) groups is 1. The highest BCUT2D eigenvalue weighted by molar-refractivity contribution is 5.88. The summed E-state index contributed by atoms with van der Waals surface area (Å²) in [5.74, 6) is -0.429. The molecule has 1 heterocycles. The molecule has 0 unspecified atom stereocenters. The third-order valence-corrected chi connectivity index (χ3v) is 2.38. The van der Waals surface area contributed by atoms with Gasteiger partial charge in [0, 0.05) is 23.9 Å². The number of non-ortho nitro benzene ring substituents is 1. The molecule has 18 heavy (non-hydrogen) atoms. The number of hydrogen-bond acceptors (Lipinski definition) is 4. The van der Waals surface area contributed by atoms with Crippen molar-refractivity contribution in [1.82, 2.24) is 10.2 Å². The third-order valence-electron chi connectivity index (χ3n) is 2.38. The number of fused-ring (bicyclic) bond motifs is 1. The number of primary amides is 1. The molecule has 1 amide bonds. The first kappa shape index (κ1) is 11.8. The van der Waals surface area contributed by atoms with Crippen LogP contribution in [-0.2, 0) is 4.79 Å². The van der Waals surface area contributed by atoms with Crippen molar-refractivity contribution >= 4 is 28.6 Å². The van der Waals surface area contributed by atoms with Gasteiger partial charge in [-0.05, 0) is 12.1 Å². The van der Waals surface area contributed by atoms with Gasteiger partial charge in [0.15, 0.2) is 0 Å². The highest BCUT2D eigenvalue weighted by atomic mass is 16.6. The molecule has 0 radical (unpaired) electrons. The molecule has 7 heteroatoms. The molecule has 0 saturated carbocycles. The Morgan fingerprint density at radius 3 is 3.00 bits per heavy atom. The first-order valence-electron chi connectivity index (χ1n) is 5.15. The average Bonchev–Trinajstić information content (AvgIpc) is 2.71. The van der Waals surface area contributed by atoms with E-state index in [1.54, 1.807) is 18.2 Å². The summed E-state index contributed by atoms with van der Waals surface area (Å²) >= 11 is 0. The number of rotatable bonds is 4. The summed E-state index contributed by atoms with van der Waals surface area (Å²) in [5.41, 5.74) is 6.19. The first-order chi connectivity index (χ1) is 8.58. The van der Waals surface area contributed by atoms with Gasteiger partial charge in [-0.1, -0.05) is 6.08 Å². The fraction of sp³-hybridized carbons (Fsp3) is 0.0909. The van der Waals surface area contributed by atoms with Crippen molar-refractivity contribution in [2.45, 2.75) is 6.42 Å². The summed E-state index contributed by atoms with van der Waals surface area (Å²) in [6, 6.07) is 4.43. The zero-order chi connectivity index (χ0) is 13.1. The van der Waals surface area contributed by atoms with E-state index < -0.39 is 10.8 Å². The number of nitrogens with zero attached hydrogens (tertiary/aromatic N) is 2. The summed E-state index contributed by atoms with van der Waals surface area (Å²) in [7, 11) is 0. The minimum absolute atomic E-state index is 0.00110. The Morgan fingerprint density at radius 1 is 1.56 bits per heavy atom. The molecule has 0 aliphatic rings. The Kier molecular flexibility index (Phi) is 3.05. The van der Waals surface area contributed by atoms with Crippen LogP contribution in [0.4, 0.5) is 5.69 Å². The smallest absolute Gasteiger partial charge is 0.271 e. The number of benzene rings is 1. The van der Waals surface area contributed by atoms with Gasteiger partial charge < -0.3 is 5.73 Å². The highest BCUT2D eigenvalue weighted by Crippen LogP contribution is 2.22. The molecule has 0 aliphatic heterocycles. The van der Waals surface area contributed by atoms with Gasteiger partial charge >= 0.3 is 0 Å². The van der Waals surface area contributed by atoms with Gasteiger partial charge in [-0.2, -0.15) is 5.10 Å². The molecule has 0 atom stereocenters. The SMILES string of the molecule is NC(=O)CC=Cc1n[nH]c2cc([N+](=O)[O-])ccc12. The highest BCUT2D eigenvalue weighted by Gasteiger charge is 2.09. The van der Waals surface area contributed by atoms with Crippen LogP contribution < -0.4 is 5.73 Å². The molecular weight excluding hydrogens is 236 g/mol. The lowest BCUT2D eigenvalue weighted by molar-refractivity contribution is -0.384. The zero-order valence-corrected chi connectivity index (χ0v) is 9.29. The van der Waals surface area contributed by atoms with Gasteiger partial charge in [-0.25, -0.2) is 0 Å². The number of aromatic amines is 1. The number of hydrogen-bond donors (Lipinski definition) is 2. The maximum atomic E-state index is 10.6. The molecule has 0 saturated heterocycles. The maximum absolute atomic E-state index is 10.6. The van der Waals surface area contributed by atoms with Crippen molar-refractivity contribution < 1.29 is 9.72 Å². The van der Waals surface area contributed by atoms with E-state index in [2.05, 4.69) is 10.2 Å². The predicted octanol–water partition coefficient (Wildman–Crippen LogP) is 1.36. The summed E-state index contributed by atoms with van der Waals surface area (Å²) < 4.78 is 0. The minimum atomic E-state index is -0.469. The zero-order valence-electron chi connectivity index (χ0n) is 9.29. The van der Waals surface area contributed by atoms with Gasteiger partial charge in [-0.15, -0.1) is 0 Å². The van der Waals surface area contributed by atoms with Crippen LogP contribution in [0.3, 0.4) is 0 Å². The Bertz CT molecular complexity index is 645. The summed E-state index contributed by atoms with van der Waals surface area (Å²) in [6.45, 7) is 0. The number of nitro groups is 1.